The maximum atomic E-state index is 13.6. The highest BCUT2D eigenvalue weighted by atomic mass is 19.1. The summed E-state index contributed by atoms with van der Waals surface area (Å²) < 4.78 is 39.6. The standard InChI is InChI=1S/C15H12F3NO2/c16-11-5-9(6-12(17)8-11)3-4-19-14-2-1-10(15(20)21)7-13(14)18/h1-2,5-8,19H,3-4H2,(H,20,21). The molecule has 2 N–H and O–H groups in total. The van der Waals surface area contributed by atoms with E-state index in [1.165, 1.54) is 24.3 Å². The van der Waals surface area contributed by atoms with Gasteiger partial charge in [0.25, 0.3) is 0 Å². The summed E-state index contributed by atoms with van der Waals surface area (Å²) in [6, 6.07) is 6.68. The third kappa shape index (κ3) is 3.98. The fourth-order valence-corrected chi connectivity index (χ4v) is 1.89. The second kappa shape index (κ2) is 6.30. The van der Waals surface area contributed by atoms with Crippen LogP contribution >= 0.6 is 0 Å². The molecule has 0 radical (unpaired) electrons. The van der Waals surface area contributed by atoms with Crippen molar-refractivity contribution in [3.8, 4) is 0 Å². The first-order chi connectivity index (χ1) is 9.95. The molecule has 0 aromatic heterocycles. The first-order valence-corrected chi connectivity index (χ1v) is 6.17. The lowest BCUT2D eigenvalue weighted by Gasteiger charge is -2.08. The maximum Gasteiger partial charge on any atom is 0.335 e. The fraction of sp³-hybridized carbons (Fsp3) is 0.133. The van der Waals surface area contributed by atoms with E-state index in [1.54, 1.807) is 0 Å². The largest absolute Gasteiger partial charge is 0.478 e. The van der Waals surface area contributed by atoms with Crippen LogP contribution in [0.1, 0.15) is 15.9 Å². The normalized spacial score (nSPS) is 10.4. The molecular formula is C15H12F3NO2. The molecule has 2 aromatic carbocycles. The zero-order chi connectivity index (χ0) is 15.4. The Morgan fingerprint density at radius 2 is 1.71 bits per heavy atom. The minimum atomic E-state index is -1.21. The molecule has 0 atom stereocenters. The molecule has 0 heterocycles. The van der Waals surface area contributed by atoms with Crippen LogP contribution < -0.4 is 5.32 Å². The lowest BCUT2D eigenvalue weighted by atomic mass is 10.1. The highest BCUT2D eigenvalue weighted by molar-refractivity contribution is 5.88. The minimum Gasteiger partial charge on any atom is -0.478 e. The average molecular weight is 295 g/mol. The van der Waals surface area contributed by atoms with E-state index in [1.807, 2.05) is 0 Å². The van der Waals surface area contributed by atoms with Gasteiger partial charge in [-0.05, 0) is 42.3 Å². The van der Waals surface area contributed by atoms with Crippen molar-refractivity contribution < 1.29 is 23.1 Å². The lowest BCUT2D eigenvalue weighted by molar-refractivity contribution is 0.0696. The molecule has 0 saturated carbocycles. The molecule has 0 saturated heterocycles. The van der Waals surface area contributed by atoms with E-state index in [9.17, 15) is 18.0 Å². The van der Waals surface area contributed by atoms with Gasteiger partial charge in [0.1, 0.15) is 17.5 Å². The van der Waals surface area contributed by atoms with Crippen molar-refractivity contribution in [2.24, 2.45) is 0 Å². The summed E-state index contributed by atoms with van der Waals surface area (Å²) in [6.45, 7) is 0.256. The van der Waals surface area contributed by atoms with Gasteiger partial charge in [-0.25, -0.2) is 18.0 Å². The van der Waals surface area contributed by atoms with E-state index < -0.39 is 23.4 Å². The van der Waals surface area contributed by atoms with E-state index in [0.717, 1.165) is 12.1 Å². The molecule has 3 nitrogen and oxygen atoms in total. The van der Waals surface area contributed by atoms with Crippen molar-refractivity contribution in [2.75, 3.05) is 11.9 Å². The number of carbonyl (C=O) groups is 1. The van der Waals surface area contributed by atoms with E-state index in [2.05, 4.69) is 5.32 Å². The Balaban J connectivity index is 1.98. The number of hydrogen-bond acceptors (Lipinski definition) is 2. The molecule has 0 unspecified atom stereocenters. The third-order valence-corrected chi connectivity index (χ3v) is 2.87. The van der Waals surface area contributed by atoms with Crippen LogP contribution in [0.15, 0.2) is 36.4 Å². The van der Waals surface area contributed by atoms with Gasteiger partial charge in [-0.15, -0.1) is 0 Å². The summed E-state index contributed by atoms with van der Waals surface area (Å²) in [7, 11) is 0. The van der Waals surface area contributed by atoms with Crippen LogP contribution in [0.5, 0.6) is 0 Å². The van der Waals surface area contributed by atoms with Gasteiger partial charge in [-0.1, -0.05) is 0 Å². The molecular weight excluding hydrogens is 283 g/mol. The SMILES string of the molecule is O=C(O)c1ccc(NCCc2cc(F)cc(F)c2)c(F)c1. The molecule has 0 aliphatic carbocycles. The number of carboxylic acid groups (broad SMARTS) is 1. The number of aromatic carboxylic acids is 1. The number of halogens is 3. The van der Waals surface area contributed by atoms with Crippen LogP contribution in [0.25, 0.3) is 0 Å². The third-order valence-electron chi connectivity index (χ3n) is 2.87. The number of rotatable bonds is 5. The van der Waals surface area contributed by atoms with E-state index in [4.69, 9.17) is 5.11 Å². The Morgan fingerprint density at radius 3 is 2.29 bits per heavy atom. The molecule has 0 aliphatic rings. The molecule has 0 aliphatic heterocycles. The Hall–Kier alpha value is -2.50. The summed E-state index contributed by atoms with van der Waals surface area (Å²) in [5.74, 6) is -3.24. The van der Waals surface area contributed by atoms with E-state index >= 15 is 0 Å². The summed E-state index contributed by atoms with van der Waals surface area (Å²) in [5, 5.41) is 11.5. The van der Waals surface area contributed by atoms with Crippen molar-refractivity contribution in [1.29, 1.82) is 0 Å². The summed E-state index contributed by atoms with van der Waals surface area (Å²) in [6.07, 6.45) is 0.300. The Bertz CT molecular complexity index is 654. The van der Waals surface area contributed by atoms with Gasteiger partial charge >= 0.3 is 5.97 Å². The number of benzene rings is 2. The monoisotopic (exact) mass is 295 g/mol. The van der Waals surface area contributed by atoms with Crippen LogP contribution in [0.3, 0.4) is 0 Å². The molecule has 2 rings (SSSR count). The van der Waals surface area contributed by atoms with Crippen LogP contribution in [0.2, 0.25) is 0 Å². The van der Waals surface area contributed by atoms with Crippen LogP contribution in [0, 0.1) is 17.5 Å². The predicted molar refractivity (Wildman–Crippen MR) is 71.9 cm³/mol. The van der Waals surface area contributed by atoms with E-state index in [0.29, 0.717) is 12.0 Å². The Kier molecular flexibility index (Phi) is 4.47. The average Bonchev–Trinajstić information content (AvgIpc) is 2.39. The Labute approximate surface area is 119 Å². The van der Waals surface area contributed by atoms with Crippen molar-refractivity contribution in [1.82, 2.24) is 0 Å². The molecule has 2 aromatic rings. The highest BCUT2D eigenvalue weighted by Gasteiger charge is 2.08. The first kappa shape index (κ1) is 14.9. The van der Waals surface area contributed by atoms with Gasteiger partial charge < -0.3 is 10.4 Å². The van der Waals surface area contributed by atoms with Crippen LogP contribution in [-0.2, 0) is 6.42 Å². The van der Waals surface area contributed by atoms with Gasteiger partial charge in [0, 0.05) is 12.6 Å². The molecule has 0 bridgehead atoms. The zero-order valence-corrected chi connectivity index (χ0v) is 10.9. The van der Waals surface area contributed by atoms with Crippen molar-refractivity contribution in [3.63, 3.8) is 0 Å². The number of carboxylic acids is 1. The van der Waals surface area contributed by atoms with Gasteiger partial charge in [0.05, 0.1) is 11.3 Å². The number of hydrogen-bond donors (Lipinski definition) is 2. The quantitative estimate of drug-likeness (QED) is 0.888. The summed E-state index contributed by atoms with van der Waals surface area (Å²) >= 11 is 0. The second-order valence-electron chi connectivity index (χ2n) is 4.45. The molecule has 0 fully saturated rings. The zero-order valence-electron chi connectivity index (χ0n) is 10.9. The van der Waals surface area contributed by atoms with Gasteiger partial charge in [0.2, 0.25) is 0 Å². The maximum absolute atomic E-state index is 13.6. The lowest BCUT2D eigenvalue weighted by Crippen LogP contribution is -2.08. The van der Waals surface area contributed by atoms with E-state index in [-0.39, 0.29) is 17.8 Å². The predicted octanol–water partition coefficient (Wildman–Crippen LogP) is 3.46. The van der Waals surface area contributed by atoms with Gasteiger partial charge in [-0.3, -0.25) is 0 Å². The van der Waals surface area contributed by atoms with Crippen molar-refractivity contribution >= 4 is 11.7 Å². The second-order valence-corrected chi connectivity index (χ2v) is 4.45. The molecule has 110 valence electrons. The topological polar surface area (TPSA) is 49.3 Å². The number of anilines is 1. The van der Waals surface area contributed by atoms with Crippen molar-refractivity contribution in [3.05, 3.63) is 65.0 Å². The summed E-state index contributed by atoms with van der Waals surface area (Å²) in [4.78, 5) is 10.7. The molecule has 21 heavy (non-hydrogen) atoms. The smallest absolute Gasteiger partial charge is 0.335 e. The van der Waals surface area contributed by atoms with Gasteiger partial charge in [-0.2, -0.15) is 0 Å². The molecule has 0 spiro atoms. The molecule has 0 amide bonds. The first-order valence-electron chi connectivity index (χ1n) is 6.17. The Morgan fingerprint density at radius 1 is 1.05 bits per heavy atom. The van der Waals surface area contributed by atoms with Crippen molar-refractivity contribution in [2.45, 2.75) is 6.42 Å². The van der Waals surface area contributed by atoms with Crippen LogP contribution in [0.4, 0.5) is 18.9 Å². The number of nitrogens with one attached hydrogen (secondary N) is 1. The fourth-order valence-electron chi connectivity index (χ4n) is 1.89. The summed E-state index contributed by atoms with van der Waals surface area (Å²) in [5.41, 5.74) is 0.435. The molecule has 6 heteroatoms. The minimum absolute atomic E-state index is 0.136. The van der Waals surface area contributed by atoms with Gasteiger partial charge in [0.15, 0.2) is 0 Å². The highest BCUT2D eigenvalue weighted by Crippen LogP contribution is 2.16. The van der Waals surface area contributed by atoms with Crippen LogP contribution in [-0.4, -0.2) is 17.6 Å².